The molecule has 0 spiro atoms. The number of nitrogens with zero attached hydrogens (tertiary/aromatic N) is 3. The molecule has 14 heavy (non-hydrogen) atoms. The van der Waals surface area contributed by atoms with Crippen molar-refractivity contribution in [1.29, 1.82) is 0 Å². The van der Waals surface area contributed by atoms with Gasteiger partial charge in [0.15, 0.2) is 11.0 Å². The summed E-state index contributed by atoms with van der Waals surface area (Å²) in [6.45, 7) is 1.90. The number of ether oxygens (including phenoxy) is 1. The molecule has 4 nitrogen and oxygen atoms in total. The lowest BCUT2D eigenvalue weighted by Gasteiger charge is -2.31. The van der Waals surface area contributed by atoms with E-state index in [1.54, 1.807) is 7.11 Å². The standard InChI is InChI=1S/C8H12ClN3OS/c1-13-6-2-4-12(5-3-6)8-7(9)10-14-11-8/h6H,2-5H2,1H3. The fourth-order valence-corrected chi connectivity index (χ4v) is 2.44. The van der Waals surface area contributed by atoms with E-state index in [4.69, 9.17) is 16.3 Å². The molecule has 1 aliphatic heterocycles. The van der Waals surface area contributed by atoms with E-state index in [0.717, 1.165) is 43.5 Å². The van der Waals surface area contributed by atoms with Gasteiger partial charge in [-0.25, -0.2) is 0 Å². The van der Waals surface area contributed by atoms with E-state index in [1.807, 2.05) is 0 Å². The normalized spacial score (nSPS) is 18.9. The third kappa shape index (κ3) is 1.99. The molecule has 1 aromatic rings. The molecular formula is C8H12ClN3OS. The van der Waals surface area contributed by atoms with Gasteiger partial charge in [0.25, 0.3) is 0 Å². The van der Waals surface area contributed by atoms with Crippen LogP contribution < -0.4 is 4.90 Å². The van der Waals surface area contributed by atoms with Gasteiger partial charge in [-0.15, -0.1) is 0 Å². The molecule has 0 aliphatic carbocycles. The van der Waals surface area contributed by atoms with E-state index in [1.165, 1.54) is 0 Å². The van der Waals surface area contributed by atoms with Gasteiger partial charge in [-0.2, -0.15) is 8.75 Å². The number of methoxy groups -OCH3 is 1. The van der Waals surface area contributed by atoms with Gasteiger partial charge in [0.05, 0.1) is 17.8 Å². The SMILES string of the molecule is COC1CCN(c2nsnc2Cl)CC1. The molecule has 0 bridgehead atoms. The molecule has 0 radical (unpaired) electrons. The molecule has 1 aromatic heterocycles. The van der Waals surface area contributed by atoms with Crippen LogP contribution in [0.5, 0.6) is 0 Å². The fraction of sp³-hybridized carbons (Fsp3) is 0.750. The highest BCUT2D eigenvalue weighted by molar-refractivity contribution is 6.99. The molecule has 0 aromatic carbocycles. The molecule has 0 saturated carbocycles. The summed E-state index contributed by atoms with van der Waals surface area (Å²) in [6.07, 6.45) is 2.45. The maximum Gasteiger partial charge on any atom is 0.187 e. The summed E-state index contributed by atoms with van der Waals surface area (Å²) in [7, 11) is 1.76. The average molecular weight is 234 g/mol. The maximum atomic E-state index is 5.91. The predicted molar refractivity (Wildman–Crippen MR) is 57.2 cm³/mol. The van der Waals surface area contributed by atoms with Crippen molar-refractivity contribution in [2.45, 2.75) is 18.9 Å². The summed E-state index contributed by atoms with van der Waals surface area (Å²) >= 11 is 7.07. The van der Waals surface area contributed by atoms with Crippen LogP contribution in [0, 0.1) is 0 Å². The number of aromatic nitrogens is 2. The maximum absolute atomic E-state index is 5.91. The zero-order chi connectivity index (χ0) is 9.97. The van der Waals surface area contributed by atoms with Crippen molar-refractivity contribution in [3.63, 3.8) is 0 Å². The van der Waals surface area contributed by atoms with E-state index < -0.39 is 0 Å². The highest BCUT2D eigenvalue weighted by Crippen LogP contribution is 2.26. The zero-order valence-electron chi connectivity index (χ0n) is 7.94. The topological polar surface area (TPSA) is 38.2 Å². The lowest BCUT2D eigenvalue weighted by Crippen LogP contribution is -2.36. The summed E-state index contributed by atoms with van der Waals surface area (Å²) in [6, 6.07) is 0. The second-order valence-corrected chi connectivity index (χ2v) is 4.19. The van der Waals surface area contributed by atoms with E-state index >= 15 is 0 Å². The highest BCUT2D eigenvalue weighted by atomic mass is 35.5. The average Bonchev–Trinajstić information content (AvgIpc) is 2.65. The van der Waals surface area contributed by atoms with Crippen LogP contribution in [-0.4, -0.2) is 35.1 Å². The molecule has 0 amide bonds. The monoisotopic (exact) mass is 233 g/mol. The van der Waals surface area contributed by atoms with Crippen molar-refractivity contribution in [2.75, 3.05) is 25.1 Å². The van der Waals surface area contributed by atoms with Crippen LogP contribution in [0.2, 0.25) is 5.15 Å². The Kier molecular flexibility index (Phi) is 3.20. The van der Waals surface area contributed by atoms with Crippen LogP contribution in [-0.2, 0) is 4.74 Å². The van der Waals surface area contributed by atoms with Crippen molar-refractivity contribution in [3.8, 4) is 0 Å². The Morgan fingerprint density at radius 1 is 1.43 bits per heavy atom. The number of hydrogen-bond acceptors (Lipinski definition) is 5. The minimum atomic E-state index is 0.386. The Bertz CT molecular complexity index is 299. The number of hydrogen-bond donors (Lipinski definition) is 0. The van der Waals surface area contributed by atoms with Crippen LogP contribution in [0.25, 0.3) is 0 Å². The lowest BCUT2D eigenvalue weighted by atomic mass is 10.1. The number of rotatable bonds is 2. The molecule has 0 unspecified atom stereocenters. The van der Waals surface area contributed by atoms with Gasteiger partial charge in [-0.1, -0.05) is 11.6 Å². The van der Waals surface area contributed by atoms with E-state index in [-0.39, 0.29) is 0 Å². The lowest BCUT2D eigenvalue weighted by molar-refractivity contribution is 0.0818. The molecule has 6 heteroatoms. The van der Waals surface area contributed by atoms with Gasteiger partial charge >= 0.3 is 0 Å². The first kappa shape index (κ1) is 10.1. The Morgan fingerprint density at radius 2 is 2.14 bits per heavy atom. The summed E-state index contributed by atoms with van der Waals surface area (Å²) < 4.78 is 13.4. The Hall–Kier alpha value is -0.390. The summed E-state index contributed by atoms with van der Waals surface area (Å²) in [5.41, 5.74) is 0. The van der Waals surface area contributed by atoms with E-state index in [9.17, 15) is 0 Å². The molecule has 1 saturated heterocycles. The van der Waals surface area contributed by atoms with Gasteiger partial charge in [0.2, 0.25) is 0 Å². The largest absolute Gasteiger partial charge is 0.381 e. The first-order chi connectivity index (χ1) is 6.81. The smallest absolute Gasteiger partial charge is 0.187 e. The molecular weight excluding hydrogens is 222 g/mol. The minimum absolute atomic E-state index is 0.386. The molecule has 78 valence electrons. The summed E-state index contributed by atoms with van der Waals surface area (Å²) in [5.74, 6) is 0.825. The summed E-state index contributed by atoms with van der Waals surface area (Å²) in [4.78, 5) is 2.17. The van der Waals surface area contributed by atoms with Crippen molar-refractivity contribution < 1.29 is 4.74 Å². The van der Waals surface area contributed by atoms with Crippen LogP contribution in [0.4, 0.5) is 5.82 Å². The van der Waals surface area contributed by atoms with Crippen LogP contribution in [0.15, 0.2) is 0 Å². The van der Waals surface area contributed by atoms with Gasteiger partial charge < -0.3 is 9.64 Å². The Morgan fingerprint density at radius 3 is 2.64 bits per heavy atom. The Labute approximate surface area is 92.2 Å². The third-order valence-corrected chi connectivity index (χ3v) is 3.38. The molecule has 1 fully saturated rings. The zero-order valence-corrected chi connectivity index (χ0v) is 9.51. The number of anilines is 1. The van der Waals surface area contributed by atoms with Gasteiger partial charge in [-0.3, -0.25) is 0 Å². The van der Waals surface area contributed by atoms with E-state index in [2.05, 4.69) is 13.6 Å². The van der Waals surface area contributed by atoms with Crippen LogP contribution in [0.1, 0.15) is 12.8 Å². The quantitative estimate of drug-likeness (QED) is 0.781. The minimum Gasteiger partial charge on any atom is -0.381 e. The van der Waals surface area contributed by atoms with Crippen molar-refractivity contribution in [1.82, 2.24) is 8.75 Å². The molecule has 0 atom stereocenters. The predicted octanol–water partition coefficient (Wildman–Crippen LogP) is 1.81. The third-order valence-electron chi connectivity index (χ3n) is 2.51. The molecule has 0 N–H and O–H groups in total. The van der Waals surface area contributed by atoms with Crippen LogP contribution in [0.3, 0.4) is 0 Å². The van der Waals surface area contributed by atoms with E-state index in [0.29, 0.717) is 11.3 Å². The molecule has 1 aliphatic rings. The van der Waals surface area contributed by atoms with Crippen LogP contribution >= 0.6 is 23.3 Å². The second-order valence-electron chi connectivity index (χ2n) is 3.30. The Balaban J connectivity index is 1.99. The second kappa shape index (κ2) is 4.42. The fourth-order valence-electron chi connectivity index (χ4n) is 1.66. The number of halogens is 1. The van der Waals surface area contributed by atoms with Gasteiger partial charge in [0, 0.05) is 20.2 Å². The van der Waals surface area contributed by atoms with Crippen molar-refractivity contribution in [2.24, 2.45) is 0 Å². The van der Waals surface area contributed by atoms with Gasteiger partial charge in [0.1, 0.15) is 0 Å². The highest BCUT2D eigenvalue weighted by Gasteiger charge is 2.22. The van der Waals surface area contributed by atoms with Crippen molar-refractivity contribution >= 4 is 29.1 Å². The van der Waals surface area contributed by atoms with Gasteiger partial charge in [-0.05, 0) is 12.8 Å². The molecule has 2 heterocycles. The first-order valence-electron chi connectivity index (χ1n) is 4.57. The molecule has 2 rings (SSSR count). The van der Waals surface area contributed by atoms with Crippen molar-refractivity contribution in [3.05, 3.63) is 5.15 Å². The first-order valence-corrected chi connectivity index (χ1v) is 5.68. The number of piperidine rings is 1. The summed E-state index contributed by atoms with van der Waals surface area (Å²) in [5, 5.41) is 0.519.